The van der Waals surface area contributed by atoms with Gasteiger partial charge >= 0.3 is 0 Å². The molecule has 1 aromatic rings. The summed E-state index contributed by atoms with van der Waals surface area (Å²) in [7, 11) is 1.45. The number of carbonyl (C=O) groups excluding carboxylic acids is 1. The van der Waals surface area contributed by atoms with Gasteiger partial charge in [-0.3, -0.25) is 4.79 Å². The van der Waals surface area contributed by atoms with E-state index < -0.39 is 17.4 Å². The van der Waals surface area contributed by atoms with Crippen molar-refractivity contribution in [1.29, 1.82) is 0 Å². The second kappa shape index (κ2) is 5.61. The molecule has 0 radical (unpaired) electrons. The number of nitrogens with one attached hydrogen (secondary N) is 1. The number of amides is 1. The third kappa shape index (κ3) is 3.63. The summed E-state index contributed by atoms with van der Waals surface area (Å²) in [6, 6.07) is 1.49. The Morgan fingerprint density at radius 1 is 1.50 bits per heavy atom. The van der Waals surface area contributed by atoms with E-state index >= 15 is 0 Å². The van der Waals surface area contributed by atoms with Crippen molar-refractivity contribution >= 4 is 17.4 Å². The molecule has 0 atom stereocenters. The van der Waals surface area contributed by atoms with E-state index in [1.807, 2.05) is 0 Å². The molecule has 112 valence electrons. The largest absolute Gasteiger partial charge is 0.480 e. The summed E-state index contributed by atoms with van der Waals surface area (Å²) >= 11 is 0.979. The lowest BCUT2D eigenvalue weighted by atomic mass is 9.83. The zero-order valence-electron chi connectivity index (χ0n) is 11.0. The van der Waals surface area contributed by atoms with Crippen LogP contribution < -0.4 is 10.1 Å². The average molecular weight is 306 g/mol. The molecule has 2 rings (SSSR count). The van der Waals surface area contributed by atoms with Crippen molar-refractivity contribution in [3.05, 3.63) is 10.9 Å². The first-order valence-corrected chi connectivity index (χ1v) is 7.00. The molecule has 1 aliphatic carbocycles. The molecule has 1 saturated carbocycles. The van der Waals surface area contributed by atoms with Crippen LogP contribution in [0.2, 0.25) is 0 Å². The molecule has 0 bridgehead atoms. The molecule has 0 unspecified atom stereocenters. The van der Waals surface area contributed by atoms with Gasteiger partial charge in [0.2, 0.25) is 11.8 Å². The molecule has 2 N–H and O–H groups in total. The fourth-order valence-electron chi connectivity index (χ4n) is 2.05. The smallest absolute Gasteiger partial charge is 0.263 e. The Kier molecular flexibility index (Phi) is 4.24. The first-order valence-electron chi connectivity index (χ1n) is 6.23. The number of hydrogen-bond donors (Lipinski definition) is 2. The second-order valence-electron chi connectivity index (χ2n) is 5.00. The van der Waals surface area contributed by atoms with Gasteiger partial charge in [-0.05, 0) is 24.4 Å². The maximum absolute atomic E-state index is 13.0. The van der Waals surface area contributed by atoms with Crippen LogP contribution in [0.3, 0.4) is 0 Å². The van der Waals surface area contributed by atoms with Crippen molar-refractivity contribution in [2.45, 2.75) is 37.2 Å². The highest BCUT2D eigenvalue weighted by Gasteiger charge is 2.42. The van der Waals surface area contributed by atoms with Gasteiger partial charge in [0.05, 0.1) is 12.7 Å². The second-order valence-corrected chi connectivity index (χ2v) is 5.80. The van der Waals surface area contributed by atoms with Crippen LogP contribution in [0.1, 0.15) is 35.4 Å². The summed E-state index contributed by atoms with van der Waals surface area (Å²) in [5, 5.41) is 12.7. The van der Waals surface area contributed by atoms with Crippen molar-refractivity contribution in [3.63, 3.8) is 0 Å². The predicted octanol–water partition coefficient (Wildman–Crippen LogP) is 1.82. The van der Waals surface area contributed by atoms with E-state index in [-0.39, 0.29) is 32.2 Å². The van der Waals surface area contributed by atoms with Crippen LogP contribution in [-0.4, -0.2) is 40.6 Å². The fourth-order valence-corrected chi connectivity index (χ4v) is 2.68. The van der Waals surface area contributed by atoms with Gasteiger partial charge in [0.25, 0.3) is 5.91 Å². The number of carbonyl (C=O) groups is 1. The molecule has 1 aliphatic rings. The normalized spacial score (nSPS) is 20.4. The van der Waals surface area contributed by atoms with Gasteiger partial charge in [-0.1, -0.05) is 0 Å². The fraction of sp³-hybridized carbons (Fsp3) is 0.667. The van der Waals surface area contributed by atoms with Crippen molar-refractivity contribution in [2.24, 2.45) is 0 Å². The van der Waals surface area contributed by atoms with Gasteiger partial charge in [0.1, 0.15) is 4.88 Å². The van der Waals surface area contributed by atoms with Crippen molar-refractivity contribution in [2.75, 3.05) is 13.7 Å². The molecular formula is C12H16F2N2O3S. The summed E-state index contributed by atoms with van der Waals surface area (Å²) in [6.45, 7) is -0.0396. The molecule has 0 spiro atoms. The topological polar surface area (TPSA) is 71.5 Å². The van der Waals surface area contributed by atoms with Gasteiger partial charge in [0.15, 0.2) is 0 Å². The van der Waals surface area contributed by atoms with E-state index in [2.05, 4.69) is 9.69 Å². The molecule has 1 aromatic heterocycles. The third-order valence-corrected chi connectivity index (χ3v) is 4.18. The lowest BCUT2D eigenvalue weighted by Gasteiger charge is -2.35. The Hall–Kier alpha value is -1.28. The van der Waals surface area contributed by atoms with E-state index in [0.29, 0.717) is 10.8 Å². The number of rotatable bonds is 4. The highest BCUT2D eigenvalue weighted by Crippen LogP contribution is 2.38. The molecule has 1 fully saturated rings. The van der Waals surface area contributed by atoms with Gasteiger partial charge in [-0.25, -0.2) is 8.78 Å². The summed E-state index contributed by atoms with van der Waals surface area (Å²) < 4.78 is 34.8. The first-order chi connectivity index (χ1) is 9.34. The summed E-state index contributed by atoms with van der Waals surface area (Å²) in [5.74, 6) is -2.76. The Bertz CT molecular complexity index is 483. The zero-order chi connectivity index (χ0) is 14.8. The number of hydrogen-bond acceptors (Lipinski definition) is 5. The van der Waals surface area contributed by atoms with E-state index in [9.17, 15) is 18.7 Å². The number of halogens is 2. The lowest BCUT2D eigenvalue weighted by molar-refractivity contribution is -0.101. The first kappa shape index (κ1) is 15.1. The Morgan fingerprint density at radius 3 is 2.70 bits per heavy atom. The molecule has 20 heavy (non-hydrogen) atoms. The highest BCUT2D eigenvalue weighted by molar-refractivity contribution is 7.08. The quantitative estimate of drug-likeness (QED) is 0.890. The van der Waals surface area contributed by atoms with Crippen molar-refractivity contribution in [3.8, 4) is 5.88 Å². The lowest BCUT2D eigenvalue weighted by Crippen LogP contribution is -2.47. The Labute approximate surface area is 119 Å². The SMILES string of the molecule is COc1cc(C(=O)NCC2(O)CCC(F)(F)CC2)sn1. The number of aliphatic hydroxyl groups is 1. The molecule has 5 nitrogen and oxygen atoms in total. The molecule has 0 saturated heterocycles. The molecule has 8 heteroatoms. The van der Waals surface area contributed by atoms with Crippen LogP contribution in [0.4, 0.5) is 8.78 Å². The van der Waals surface area contributed by atoms with Crippen LogP contribution >= 0.6 is 11.5 Å². The molecule has 0 aliphatic heterocycles. The van der Waals surface area contributed by atoms with E-state index in [1.54, 1.807) is 0 Å². The molecule has 1 heterocycles. The van der Waals surface area contributed by atoms with Crippen LogP contribution in [0.15, 0.2) is 6.07 Å². The van der Waals surface area contributed by atoms with E-state index in [4.69, 9.17) is 4.74 Å². The standard InChI is InChI=1S/C12H16F2N2O3S/c1-19-9-6-8(20-16-9)10(17)15-7-11(18)2-4-12(13,14)5-3-11/h6,18H,2-5,7H2,1H3,(H,15,17). The van der Waals surface area contributed by atoms with Crippen molar-refractivity contribution < 1.29 is 23.4 Å². The van der Waals surface area contributed by atoms with Crippen LogP contribution in [0.25, 0.3) is 0 Å². The highest BCUT2D eigenvalue weighted by atomic mass is 32.1. The number of aromatic nitrogens is 1. The predicted molar refractivity (Wildman–Crippen MR) is 69.4 cm³/mol. The maximum Gasteiger partial charge on any atom is 0.263 e. The van der Waals surface area contributed by atoms with Gasteiger partial charge < -0.3 is 15.2 Å². The molecule has 0 aromatic carbocycles. The molecular weight excluding hydrogens is 290 g/mol. The van der Waals surface area contributed by atoms with Crippen molar-refractivity contribution in [1.82, 2.24) is 9.69 Å². The molecule has 1 amide bonds. The van der Waals surface area contributed by atoms with Gasteiger partial charge in [-0.2, -0.15) is 4.37 Å². The van der Waals surface area contributed by atoms with E-state index in [1.165, 1.54) is 13.2 Å². The maximum atomic E-state index is 13.0. The average Bonchev–Trinajstić information content (AvgIpc) is 2.89. The summed E-state index contributed by atoms with van der Waals surface area (Å²) in [4.78, 5) is 12.2. The Balaban J connectivity index is 1.87. The van der Waals surface area contributed by atoms with Crippen LogP contribution in [-0.2, 0) is 0 Å². The van der Waals surface area contributed by atoms with Gasteiger partial charge in [0, 0.05) is 25.5 Å². The minimum absolute atomic E-state index is 0.0215. The number of methoxy groups -OCH3 is 1. The number of alkyl halides is 2. The summed E-state index contributed by atoms with van der Waals surface area (Å²) in [5.41, 5.74) is -1.26. The zero-order valence-corrected chi connectivity index (χ0v) is 11.8. The summed E-state index contributed by atoms with van der Waals surface area (Å²) in [6.07, 6.45) is -0.750. The van der Waals surface area contributed by atoms with E-state index in [0.717, 1.165) is 11.5 Å². The van der Waals surface area contributed by atoms with Crippen LogP contribution in [0, 0.1) is 0 Å². The minimum Gasteiger partial charge on any atom is -0.480 e. The Morgan fingerprint density at radius 2 is 2.15 bits per heavy atom. The van der Waals surface area contributed by atoms with Crippen LogP contribution in [0.5, 0.6) is 5.88 Å². The minimum atomic E-state index is -2.71. The number of ether oxygens (including phenoxy) is 1. The number of nitrogens with zero attached hydrogens (tertiary/aromatic N) is 1. The monoisotopic (exact) mass is 306 g/mol. The third-order valence-electron chi connectivity index (χ3n) is 3.41. The van der Waals surface area contributed by atoms with Gasteiger partial charge in [-0.15, -0.1) is 0 Å².